The van der Waals surface area contributed by atoms with Gasteiger partial charge in [0, 0.05) is 13.1 Å². The van der Waals surface area contributed by atoms with E-state index in [4.69, 9.17) is 5.26 Å². The van der Waals surface area contributed by atoms with Crippen LogP contribution in [0.25, 0.3) is 0 Å². The van der Waals surface area contributed by atoms with Gasteiger partial charge < -0.3 is 4.90 Å². The molecule has 1 aliphatic rings. The lowest BCUT2D eigenvalue weighted by Crippen LogP contribution is -2.15. The van der Waals surface area contributed by atoms with E-state index >= 15 is 0 Å². The van der Waals surface area contributed by atoms with Crippen molar-refractivity contribution < 1.29 is 0 Å². The molecule has 2 heteroatoms. The van der Waals surface area contributed by atoms with Gasteiger partial charge in [-0.05, 0) is 18.3 Å². The van der Waals surface area contributed by atoms with Crippen molar-refractivity contribution in [2.75, 3.05) is 13.1 Å². The molecule has 0 saturated carbocycles. The van der Waals surface area contributed by atoms with Gasteiger partial charge in [-0.15, -0.1) is 0 Å². The molecule has 1 saturated heterocycles. The fourth-order valence-corrected chi connectivity index (χ4v) is 1.42. The van der Waals surface area contributed by atoms with Crippen LogP contribution >= 0.6 is 0 Å². The van der Waals surface area contributed by atoms with Gasteiger partial charge in [0.15, 0.2) is 6.19 Å². The van der Waals surface area contributed by atoms with Gasteiger partial charge >= 0.3 is 0 Å². The lowest BCUT2D eigenvalue weighted by atomic mass is 9.95. The Morgan fingerprint density at radius 3 is 2.60 bits per heavy atom. The molecular weight excluding hydrogens is 124 g/mol. The van der Waals surface area contributed by atoms with E-state index in [-0.39, 0.29) is 0 Å². The molecule has 10 heavy (non-hydrogen) atoms. The lowest BCUT2D eigenvalue weighted by molar-refractivity contribution is 0.380. The Bertz CT molecular complexity index is 146. The van der Waals surface area contributed by atoms with Crippen molar-refractivity contribution in [2.24, 2.45) is 11.8 Å². The van der Waals surface area contributed by atoms with Crippen LogP contribution in [-0.4, -0.2) is 18.0 Å². The molecular formula is C8H14N2. The summed E-state index contributed by atoms with van der Waals surface area (Å²) in [5, 5.41) is 8.54. The summed E-state index contributed by atoms with van der Waals surface area (Å²) in [5.74, 6) is 1.48. The zero-order valence-electron chi connectivity index (χ0n) is 6.67. The van der Waals surface area contributed by atoms with E-state index in [1.54, 1.807) is 0 Å². The van der Waals surface area contributed by atoms with Crippen LogP contribution in [-0.2, 0) is 0 Å². The fourth-order valence-electron chi connectivity index (χ4n) is 1.42. The Morgan fingerprint density at radius 2 is 2.30 bits per heavy atom. The van der Waals surface area contributed by atoms with Crippen LogP contribution < -0.4 is 0 Å². The minimum atomic E-state index is 0.735. The molecule has 0 radical (unpaired) electrons. The molecule has 0 unspecified atom stereocenters. The van der Waals surface area contributed by atoms with Gasteiger partial charge in [0.2, 0.25) is 0 Å². The van der Waals surface area contributed by atoms with Gasteiger partial charge in [-0.2, -0.15) is 5.26 Å². The number of nitriles is 1. The van der Waals surface area contributed by atoms with E-state index < -0.39 is 0 Å². The van der Waals surface area contributed by atoms with E-state index in [9.17, 15) is 0 Å². The van der Waals surface area contributed by atoms with Gasteiger partial charge in [-0.25, -0.2) is 0 Å². The first-order valence-electron chi connectivity index (χ1n) is 3.88. The highest BCUT2D eigenvalue weighted by Gasteiger charge is 2.23. The Kier molecular flexibility index (Phi) is 2.16. The molecule has 1 rings (SSSR count). The molecule has 0 amide bonds. The van der Waals surface area contributed by atoms with Crippen LogP contribution in [0.2, 0.25) is 0 Å². The molecule has 1 heterocycles. The first-order valence-corrected chi connectivity index (χ1v) is 3.88. The molecule has 0 spiro atoms. The van der Waals surface area contributed by atoms with Gasteiger partial charge in [0.05, 0.1) is 0 Å². The molecule has 0 aromatic heterocycles. The largest absolute Gasteiger partial charge is 0.310 e. The van der Waals surface area contributed by atoms with Crippen molar-refractivity contribution in [1.82, 2.24) is 4.90 Å². The molecule has 0 aromatic rings. The average molecular weight is 138 g/mol. The van der Waals surface area contributed by atoms with Crippen molar-refractivity contribution in [2.45, 2.75) is 20.3 Å². The molecule has 0 N–H and O–H groups in total. The van der Waals surface area contributed by atoms with Gasteiger partial charge in [-0.1, -0.05) is 13.8 Å². The van der Waals surface area contributed by atoms with Crippen LogP contribution in [0.15, 0.2) is 0 Å². The third kappa shape index (κ3) is 1.41. The monoisotopic (exact) mass is 138 g/mol. The molecule has 1 atom stereocenters. The van der Waals surface area contributed by atoms with E-state index in [2.05, 4.69) is 20.0 Å². The van der Waals surface area contributed by atoms with Crippen LogP contribution in [0.1, 0.15) is 20.3 Å². The van der Waals surface area contributed by atoms with Crippen LogP contribution in [0, 0.1) is 23.3 Å². The lowest BCUT2D eigenvalue weighted by Gasteiger charge is -2.12. The normalized spacial score (nSPS) is 25.4. The first-order chi connectivity index (χ1) is 4.74. The number of nitrogens with zero attached hydrogens (tertiary/aromatic N) is 2. The smallest absolute Gasteiger partial charge is 0.179 e. The topological polar surface area (TPSA) is 27.0 Å². The maximum Gasteiger partial charge on any atom is 0.179 e. The standard InChI is InChI=1S/C8H14N2/c1-7(2)8-3-4-10(5-8)6-9/h7-8H,3-5H2,1-2H3/t8-/m0/s1. The summed E-state index contributed by atoms with van der Waals surface area (Å²) in [6, 6.07) is 0. The average Bonchev–Trinajstić information content (AvgIpc) is 2.34. The molecule has 0 aromatic carbocycles. The molecule has 1 fully saturated rings. The van der Waals surface area contributed by atoms with Crippen molar-refractivity contribution in [3.05, 3.63) is 0 Å². The van der Waals surface area contributed by atoms with E-state index in [1.807, 2.05) is 4.90 Å². The van der Waals surface area contributed by atoms with Gasteiger partial charge in [-0.3, -0.25) is 0 Å². The first kappa shape index (κ1) is 7.40. The predicted octanol–water partition coefficient (Wildman–Crippen LogP) is 1.45. The van der Waals surface area contributed by atoms with Gasteiger partial charge in [0.1, 0.15) is 0 Å². The van der Waals surface area contributed by atoms with Crippen molar-refractivity contribution >= 4 is 0 Å². The second kappa shape index (κ2) is 2.92. The van der Waals surface area contributed by atoms with Crippen LogP contribution in [0.5, 0.6) is 0 Å². The summed E-state index contributed by atoms with van der Waals surface area (Å²) in [6.45, 7) is 6.41. The SMILES string of the molecule is CC(C)[C@H]1CCN(C#N)C1. The summed E-state index contributed by atoms with van der Waals surface area (Å²) < 4.78 is 0. The van der Waals surface area contributed by atoms with Crippen LogP contribution in [0.3, 0.4) is 0 Å². The molecule has 56 valence electrons. The number of hydrogen-bond acceptors (Lipinski definition) is 2. The van der Waals surface area contributed by atoms with E-state index in [0.29, 0.717) is 0 Å². The van der Waals surface area contributed by atoms with E-state index in [1.165, 1.54) is 6.42 Å². The number of hydrogen-bond donors (Lipinski definition) is 0. The van der Waals surface area contributed by atoms with E-state index in [0.717, 1.165) is 24.9 Å². The third-order valence-corrected chi connectivity index (χ3v) is 2.31. The summed E-state index contributed by atoms with van der Waals surface area (Å²) in [6.07, 6.45) is 3.38. The quantitative estimate of drug-likeness (QED) is 0.513. The highest BCUT2D eigenvalue weighted by Crippen LogP contribution is 2.22. The Hall–Kier alpha value is -0.710. The van der Waals surface area contributed by atoms with Crippen molar-refractivity contribution in [3.8, 4) is 6.19 Å². The summed E-state index contributed by atoms with van der Waals surface area (Å²) in [5.41, 5.74) is 0. The Morgan fingerprint density at radius 1 is 1.60 bits per heavy atom. The summed E-state index contributed by atoms with van der Waals surface area (Å²) in [4.78, 5) is 1.85. The molecule has 0 bridgehead atoms. The Labute approximate surface area is 62.4 Å². The maximum atomic E-state index is 8.54. The number of likely N-dealkylation sites (tertiary alicyclic amines) is 1. The zero-order valence-corrected chi connectivity index (χ0v) is 6.67. The highest BCUT2D eigenvalue weighted by molar-refractivity contribution is 4.84. The minimum absolute atomic E-state index is 0.735. The summed E-state index contributed by atoms with van der Waals surface area (Å²) >= 11 is 0. The Balaban J connectivity index is 2.37. The highest BCUT2D eigenvalue weighted by atomic mass is 15.1. The maximum absolute atomic E-state index is 8.54. The molecule has 0 aliphatic carbocycles. The molecule has 2 nitrogen and oxygen atoms in total. The second-order valence-electron chi connectivity index (χ2n) is 3.34. The second-order valence-corrected chi connectivity index (χ2v) is 3.34. The third-order valence-electron chi connectivity index (χ3n) is 2.31. The van der Waals surface area contributed by atoms with Crippen LogP contribution in [0.4, 0.5) is 0 Å². The predicted molar refractivity (Wildman–Crippen MR) is 40.1 cm³/mol. The zero-order chi connectivity index (χ0) is 7.56. The summed E-state index contributed by atoms with van der Waals surface area (Å²) in [7, 11) is 0. The van der Waals surface area contributed by atoms with Crippen molar-refractivity contribution in [1.29, 1.82) is 5.26 Å². The fraction of sp³-hybridized carbons (Fsp3) is 0.875. The molecule has 1 aliphatic heterocycles. The number of rotatable bonds is 1. The van der Waals surface area contributed by atoms with Crippen molar-refractivity contribution in [3.63, 3.8) is 0 Å². The van der Waals surface area contributed by atoms with Gasteiger partial charge in [0.25, 0.3) is 0 Å². The minimum Gasteiger partial charge on any atom is -0.310 e.